The minimum absolute atomic E-state index is 0.320. The quantitative estimate of drug-likeness (QED) is 0.414. The first-order valence-electron chi connectivity index (χ1n) is 8.01. The van der Waals surface area contributed by atoms with Gasteiger partial charge in [0.1, 0.15) is 5.75 Å². The maximum atomic E-state index is 10.8. The van der Waals surface area contributed by atoms with Crippen LogP contribution in [0.25, 0.3) is 11.1 Å². The molecule has 0 saturated heterocycles. The summed E-state index contributed by atoms with van der Waals surface area (Å²) < 4.78 is 5.73. The lowest BCUT2D eigenvalue weighted by Gasteiger charge is -2.07. The van der Waals surface area contributed by atoms with Gasteiger partial charge in [-0.25, -0.2) is 5.48 Å². The van der Waals surface area contributed by atoms with Gasteiger partial charge in [0.15, 0.2) is 0 Å². The van der Waals surface area contributed by atoms with Gasteiger partial charge in [-0.05, 0) is 36.1 Å². The molecule has 2 aromatic rings. The molecule has 4 heteroatoms. The van der Waals surface area contributed by atoms with E-state index in [2.05, 4.69) is 24.3 Å². The van der Waals surface area contributed by atoms with Gasteiger partial charge in [-0.2, -0.15) is 0 Å². The average Bonchev–Trinajstić information content (AvgIpc) is 2.62. The number of amides is 1. The van der Waals surface area contributed by atoms with Crippen molar-refractivity contribution in [1.82, 2.24) is 5.48 Å². The molecule has 0 heterocycles. The summed E-state index contributed by atoms with van der Waals surface area (Å²) in [6, 6.07) is 18.4. The topological polar surface area (TPSA) is 58.6 Å². The molecule has 4 nitrogen and oxygen atoms in total. The minimum atomic E-state index is -0.320. The first-order chi connectivity index (χ1) is 11.3. The molecule has 23 heavy (non-hydrogen) atoms. The second-order valence-corrected chi connectivity index (χ2v) is 5.44. The van der Waals surface area contributed by atoms with Gasteiger partial charge in [-0.3, -0.25) is 10.0 Å². The molecule has 0 unspecified atom stereocenters. The van der Waals surface area contributed by atoms with Gasteiger partial charge in [-0.15, -0.1) is 0 Å². The number of rotatable bonds is 9. The van der Waals surface area contributed by atoms with Crippen molar-refractivity contribution in [2.75, 3.05) is 6.61 Å². The molecule has 0 bridgehead atoms. The lowest BCUT2D eigenvalue weighted by Crippen LogP contribution is -2.17. The molecule has 0 aliphatic rings. The molecule has 2 N–H and O–H groups in total. The summed E-state index contributed by atoms with van der Waals surface area (Å²) in [5, 5.41) is 8.37. The first-order valence-corrected chi connectivity index (χ1v) is 8.01. The van der Waals surface area contributed by atoms with Gasteiger partial charge in [0.2, 0.25) is 5.91 Å². The molecule has 2 rings (SSSR count). The number of ether oxygens (including phenoxy) is 1. The van der Waals surface area contributed by atoms with Crippen LogP contribution in [0.15, 0.2) is 54.6 Å². The zero-order valence-corrected chi connectivity index (χ0v) is 13.2. The monoisotopic (exact) mass is 313 g/mol. The molecule has 122 valence electrons. The smallest absolute Gasteiger partial charge is 0.243 e. The number of carbonyl (C=O) groups excluding carboxylic acids is 1. The Hall–Kier alpha value is -2.33. The zero-order valence-electron chi connectivity index (χ0n) is 13.2. The van der Waals surface area contributed by atoms with Crippen LogP contribution in [0.1, 0.15) is 32.1 Å². The van der Waals surface area contributed by atoms with E-state index in [1.807, 2.05) is 30.3 Å². The van der Waals surface area contributed by atoms with Crippen molar-refractivity contribution in [2.24, 2.45) is 0 Å². The molecular weight excluding hydrogens is 290 g/mol. The van der Waals surface area contributed by atoms with Crippen LogP contribution in [-0.4, -0.2) is 17.7 Å². The number of hydroxylamine groups is 1. The van der Waals surface area contributed by atoms with E-state index in [1.165, 1.54) is 11.1 Å². The fourth-order valence-corrected chi connectivity index (χ4v) is 2.36. The van der Waals surface area contributed by atoms with E-state index in [0.717, 1.165) is 31.4 Å². The normalized spacial score (nSPS) is 10.3. The van der Waals surface area contributed by atoms with Crippen LogP contribution in [0.4, 0.5) is 0 Å². The maximum absolute atomic E-state index is 10.8. The van der Waals surface area contributed by atoms with Crippen molar-refractivity contribution >= 4 is 5.91 Å². The molecule has 0 aliphatic carbocycles. The summed E-state index contributed by atoms with van der Waals surface area (Å²) in [6.45, 7) is 0.677. The standard InChI is InChI=1S/C19H23NO3/c21-19(20-22)10-6-1-2-7-15-23-18-13-11-17(12-14-18)16-8-4-3-5-9-16/h3-5,8-9,11-14,22H,1-2,6-7,10,15H2,(H,20,21). The first kappa shape index (κ1) is 17.0. The molecule has 2 aromatic carbocycles. The molecule has 0 aliphatic heterocycles. The number of unbranched alkanes of at least 4 members (excludes halogenated alkanes) is 3. The third kappa shape index (κ3) is 6.12. The van der Waals surface area contributed by atoms with Crippen molar-refractivity contribution in [2.45, 2.75) is 32.1 Å². The van der Waals surface area contributed by atoms with Crippen LogP contribution in [0.3, 0.4) is 0 Å². The largest absolute Gasteiger partial charge is 0.494 e. The Kier molecular flexibility index (Phi) is 7.14. The Bertz CT molecular complexity index is 581. The van der Waals surface area contributed by atoms with Gasteiger partial charge in [0, 0.05) is 6.42 Å². The highest BCUT2D eigenvalue weighted by Crippen LogP contribution is 2.22. The van der Waals surface area contributed by atoms with Crippen LogP contribution in [0, 0.1) is 0 Å². The van der Waals surface area contributed by atoms with E-state index in [-0.39, 0.29) is 5.91 Å². The van der Waals surface area contributed by atoms with Crippen LogP contribution >= 0.6 is 0 Å². The third-order valence-electron chi connectivity index (χ3n) is 3.65. The summed E-state index contributed by atoms with van der Waals surface area (Å²) in [5.41, 5.74) is 4.02. The molecule has 1 amide bonds. The Labute approximate surface area is 137 Å². The predicted octanol–water partition coefficient (Wildman–Crippen LogP) is 4.19. The molecule has 0 saturated carbocycles. The number of nitrogens with one attached hydrogen (secondary N) is 1. The van der Waals surface area contributed by atoms with Crippen molar-refractivity contribution < 1.29 is 14.7 Å². The highest BCUT2D eigenvalue weighted by molar-refractivity contribution is 5.74. The number of hydrogen-bond donors (Lipinski definition) is 2. The number of hydrogen-bond acceptors (Lipinski definition) is 3. The molecular formula is C19H23NO3. The minimum Gasteiger partial charge on any atom is -0.494 e. The zero-order chi connectivity index (χ0) is 16.3. The van der Waals surface area contributed by atoms with E-state index in [4.69, 9.17) is 9.94 Å². The Balaban J connectivity index is 1.64. The van der Waals surface area contributed by atoms with E-state index in [9.17, 15) is 4.79 Å². The fourth-order valence-electron chi connectivity index (χ4n) is 2.36. The van der Waals surface area contributed by atoms with Gasteiger partial charge in [0.25, 0.3) is 0 Å². The highest BCUT2D eigenvalue weighted by atomic mass is 16.5. The van der Waals surface area contributed by atoms with Crippen molar-refractivity contribution in [3.05, 3.63) is 54.6 Å². The van der Waals surface area contributed by atoms with Crippen molar-refractivity contribution in [1.29, 1.82) is 0 Å². The van der Waals surface area contributed by atoms with Gasteiger partial charge in [-0.1, -0.05) is 55.3 Å². The Morgan fingerprint density at radius 2 is 1.52 bits per heavy atom. The summed E-state index contributed by atoms with van der Waals surface area (Å²) in [6.07, 6.45) is 4.10. The van der Waals surface area contributed by atoms with Crippen LogP contribution < -0.4 is 10.2 Å². The van der Waals surface area contributed by atoms with Crippen molar-refractivity contribution in [3.8, 4) is 16.9 Å². The summed E-state index contributed by atoms with van der Waals surface area (Å²) >= 11 is 0. The number of benzene rings is 2. The molecule has 0 fully saturated rings. The van der Waals surface area contributed by atoms with Crippen molar-refractivity contribution in [3.63, 3.8) is 0 Å². The van der Waals surface area contributed by atoms with Gasteiger partial charge in [0.05, 0.1) is 6.61 Å². The number of carbonyl (C=O) groups is 1. The van der Waals surface area contributed by atoms with Gasteiger partial charge >= 0.3 is 0 Å². The predicted molar refractivity (Wildman–Crippen MR) is 90.4 cm³/mol. The maximum Gasteiger partial charge on any atom is 0.243 e. The molecule has 0 radical (unpaired) electrons. The van der Waals surface area contributed by atoms with E-state index in [0.29, 0.717) is 13.0 Å². The van der Waals surface area contributed by atoms with Gasteiger partial charge < -0.3 is 4.74 Å². The summed E-state index contributed by atoms with van der Waals surface area (Å²) in [4.78, 5) is 10.8. The lowest BCUT2D eigenvalue weighted by molar-refractivity contribution is -0.129. The lowest BCUT2D eigenvalue weighted by atomic mass is 10.1. The molecule has 0 spiro atoms. The van der Waals surface area contributed by atoms with E-state index < -0.39 is 0 Å². The van der Waals surface area contributed by atoms with Crippen LogP contribution in [0.2, 0.25) is 0 Å². The molecule has 0 atom stereocenters. The highest BCUT2D eigenvalue weighted by Gasteiger charge is 2.00. The van der Waals surface area contributed by atoms with Crippen LogP contribution in [0.5, 0.6) is 5.75 Å². The second-order valence-electron chi connectivity index (χ2n) is 5.44. The van der Waals surface area contributed by atoms with E-state index in [1.54, 1.807) is 5.48 Å². The van der Waals surface area contributed by atoms with Crippen LogP contribution in [-0.2, 0) is 4.79 Å². The Morgan fingerprint density at radius 1 is 0.870 bits per heavy atom. The SMILES string of the molecule is O=C(CCCCCCOc1ccc(-c2ccccc2)cc1)NO. The Morgan fingerprint density at radius 3 is 2.22 bits per heavy atom. The fraction of sp³-hybridized carbons (Fsp3) is 0.316. The summed E-state index contributed by atoms with van der Waals surface area (Å²) in [7, 11) is 0. The molecule has 0 aromatic heterocycles. The van der Waals surface area contributed by atoms with E-state index >= 15 is 0 Å². The third-order valence-corrected chi connectivity index (χ3v) is 3.65. The second kappa shape index (κ2) is 9.64. The average molecular weight is 313 g/mol. The summed E-state index contributed by atoms with van der Waals surface area (Å²) in [5.74, 6) is 0.559.